The number of anilines is 1. The van der Waals surface area contributed by atoms with E-state index in [4.69, 9.17) is 22.4 Å². The van der Waals surface area contributed by atoms with Crippen molar-refractivity contribution in [3.63, 3.8) is 0 Å². The summed E-state index contributed by atoms with van der Waals surface area (Å²) in [6, 6.07) is 4.12. The minimum atomic E-state index is -1.31. The predicted octanol–water partition coefficient (Wildman–Crippen LogP) is 1.11. The summed E-state index contributed by atoms with van der Waals surface area (Å²) in [5, 5.41) is 11.4. The fourth-order valence-electron chi connectivity index (χ4n) is 1.61. The molecule has 2 aromatic rings. The van der Waals surface area contributed by atoms with Crippen LogP contribution in [0.25, 0.3) is 0 Å². The van der Waals surface area contributed by atoms with E-state index in [-0.39, 0.29) is 27.7 Å². The number of benzene rings is 1. The first-order valence-electron chi connectivity index (χ1n) is 5.57. The maximum Gasteiger partial charge on any atom is 0.354 e. The van der Waals surface area contributed by atoms with Crippen molar-refractivity contribution in [1.82, 2.24) is 9.97 Å². The van der Waals surface area contributed by atoms with Gasteiger partial charge in [0.1, 0.15) is 0 Å². The van der Waals surface area contributed by atoms with Gasteiger partial charge in [0.15, 0.2) is 11.4 Å². The lowest BCUT2D eigenvalue weighted by atomic mass is 10.2. The molecule has 0 aliphatic heterocycles. The lowest BCUT2D eigenvalue weighted by Crippen LogP contribution is -2.17. The van der Waals surface area contributed by atoms with Crippen LogP contribution in [-0.4, -0.2) is 32.9 Å². The molecule has 0 atom stereocenters. The Labute approximate surface area is 122 Å². The first-order chi connectivity index (χ1) is 9.90. The van der Waals surface area contributed by atoms with E-state index in [1.54, 1.807) is 0 Å². The van der Waals surface area contributed by atoms with Crippen molar-refractivity contribution in [2.24, 2.45) is 5.73 Å². The van der Waals surface area contributed by atoms with Crippen LogP contribution >= 0.6 is 11.6 Å². The molecule has 2 amide bonds. The molecule has 0 fully saturated rings. The molecule has 0 aliphatic rings. The van der Waals surface area contributed by atoms with Crippen LogP contribution in [0.1, 0.15) is 31.3 Å². The van der Waals surface area contributed by atoms with E-state index in [9.17, 15) is 14.4 Å². The minimum absolute atomic E-state index is 0.0370. The van der Waals surface area contributed by atoms with Gasteiger partial charge < -0.3 is 21.1 Å². The number of aromatic nitrogens is 2. The zero-order chi connectivity index (χ0) is 15.6. The lowest BCUT2D eigenvalue weighted by molar-refractivity contribution is 0.0686. The molecule has 0 aliphatic carbocycles. The predicted molar refractivity (Wildman–Crippen MR) is 73.5 cm³/mol. The summed E-state index contributed by atoms with van der Waals surface area (Å²) in [6.45, 7) is 0. The zero-order valence-electron chi connectivity index (χ0n) is 10.4. The number of carbonyl (C=O) groups excluding carboxylic acids is 2. The minimum Gasteiger partial charge on any atom is -0.477 e. The molecule has 1 aromatic heterocycles. The Bertz CT molecular complexity index is 741. The molecule has 21 heavy (non-hydrogen) atoms. The number of H-pyrrole nitrogens is 1. The van der Waals surface area contributed by atoms with Gasteiger partial charge in [0, 0.05) is 5.69 Å². The summed E-state index contributed by atoms with van der Waals surface area (Å²) in [4.78, 5) is 40.0. The van der Waals surface area contributed by atoms with Crippen molar-refractivity contribution in [1.29, 1.82) is 0 Å². The normalized spacial score (nSPS) is 10.1. The van der Waals surface area contributed by atoms with Crippen molar-refractivity contribution in [3.05, 3.63) is 46.5 Å². The van der Waals surface area contributed by atoms with Crippen molar-refractivity contribution < 1.29 is 19.5 Å². The van der Waals surface area contributed by atoms with Gasteiger partial charge >= 0.3 is 5.97 Å². The summed E-state index contributed by atoms with van der Waals surface area (Å²) in [5.41, 5.74) is 4.80. The van der Waals surface area contributed by atoms with Gasteiger partial charge in [-0.25, -0.2) is 9.78 Å². The Balaban J connectivity index is 2.28. The first kappa shape index (κ1) is 14.5. The number of hydrogen-bond donors (Lipinski definition) is 4. The summed E-state index contributed by atoms with van der Waals surface area (Å²) in [5.74, 6) is -2.81. The second-order valence-electron chi connectivity index (χ2n) is 3.94. The van der Waals surface area contributed by atoms with E-state index in [0.29, 0.717) is 0 Å². The van der Waals surface area contributed by atoms with Crippen molar-refractivity contribution in [2.45, 2.75) is 0 Å². The van der Waals surface area contributed by atoms with E-state index < -0.39 is 17.8 Å². The van der Waals surface area contributed by atoms with Gasteiger partial charge in [0.2, 0.25) is 5.91 Å². The topological polar surface area (TPSA) is 138 Å². The van der Waals surface area contributed by atoms with Crippen LogP contribution in [-0.2, 0) is 0 Å². The third-order valence-corrected chi connectivity index (χ3v) is 2.89. The van der Waals surface area contributed by atoms with Crippen LogP contribution in [0.4, 0.5) is 5.69 Å². The molecule has 0 bridgehead atoms. The molecular weight excluding hydrogens is 300 g/mol. The highest BCUT2D eigenvalue weighted by Gasteiger charge is 2.20. The van der Waals surface area contributed by atoms with Crippen LogP contribution < -0.4 is 11.1 Å². The molecule has 1 heterocycles. The number of carboxylic acids is 1. The number of nitrogens with one attached hydrogen (secondary N) is 2. The van der Waals surface area contributed by atoms with E-state index in [2.05, 4.69) is 15.3 Å². The number of aromatic carboxylic acids is 1. The summed E-state index contributed by atoms with van der Waals surface area (Å²) >= 11 is 5.79. The average Bonchev–Trinajstić information content (AvgIpc) is 2.90. The highest BCUT2D eigenvalue weighted by Crippen LogP contribution is 2.20. The standard InChI is InChI=1S/C12H9ClN4O4/c13-7-2-1-5(3-6(7)10(14)18)17-11(19)8-9(12(20)21)16-4-15-8/h1-4H,(H2,14,18)(H,15,16)(H,17,19)(H,20,21). The van der Waals surface area contributed by atoms with E-state index in [1.165, 1.54) is 18.2 Å². The molecular formula is C12H9ClN4O4. The third-order valence-electron chi connectivity index (χ3n) is 2.56. The SMILES string of the molecule is NC(=O)c1cc(NC(=O)c2nc[nH]c2C(=O)O)ccc1Cl. The lowest BCUT2D eigenvalue weighted by Gasteiger charge is -2.06. The molecule has 9 heteroatoms. The molecule has 0 radical (unpaired) electrons. The van der Waals surface area contributed by atoms with Gasteiger partial charge in [0.25, 0.3) is 5.91 Å². The highest BCUT2D eigenvalue weighted by atomic mass is 35.5. The number of amides is 2. The van der Waals surface area contributed by atoms with Crippen molar-refractivity contribution in [2.75, 3.05) is 5.32 Å². The fourth-order valence-corrected chi connectivity index (χ4v) is 1.82. The van der Waals surface area contributed by atoms with E-state index in [1.807, 2.05) is 0 Å². The van der Waals surface area contributed by atoms with Crippen LogP contribution in [0.3, 0.4) is 0 Å². The molecule has 108 valence electrons. The Morgan fingerprint density at radius 1 is 1.33 bits per heavy atom. The number of carbonyl (C=O) groups is 3. The van der Waals surface area contributed by atoms with Gasteiger partial charge in [-0.1, -0.05) is 11.6 Å². The Morgan fingerprint density at radius 3 is 2.67 bits per heavy atom. The number of primary amides is 1. The number of carboxylic acid groups (broad SMARTS) is 1. The summed E-state index contributed by atoms with van der Waals surface area (Å²) < 4.78 is 0. The number of nitrogens with two attached hydrogens (primary N) is 1. The van der Waals surface area contributed by atoms with Gasteiger partial charge in [-0.05, 0) is 18.2 Å². The molecule has 5 N–H and O–H groups in total. The van der Waals surface area contributed by atoms with E-state index in [0.717, 1.165) is 6.33 Å². The molecule has 0 saturated heterocycles. The monoisotopic (exact) mass is 308 g/mol. The summed E-state index contributed by atoms with van der Waals surface area (Å²) in [6.07, 6.45) is 1.09. The van der Waals surface area contributed by atoms with Crippen LogP contribution in [0.5, 0.6) is 0 Å². The largest absolute Gasteiger partial charge is 0.477 e. The molecule has 0 unspecified atom stereocenters. The van der Waals surface area contributed by atoms with Gasteiger partial charge in [0.05, 0.1) is 16.9 Å². The Morgan fingerprint density at radius 2 is 2.05 bits per heavy atom. The van der Waals surface area contributed by atoms with Gasteiger partial charge in [-0.15, -0.1) is 0 Å². The van der Waals surface area contributed by atoms with Crippen LogP contribution in [0.15, 0.2) is 24.5 Å². The van der Waals surface area contributed by atoms with Crippen LogP contribution in [0.2, 0.25) is 5.02 Å². The molecule has 1 aromatic carbocycles. The first-order valence-corrected chi connectivity index (χ1v) is 5.95. The molecule has 8 nitrogen and oxygen atoms in total. The Hall–Kier alpha value is -2.87. The second-order valence-corrected chi connectivity index (χ2v) is 4.35. The molecule has 0 spiro atoms. The van der Waals surface area contributed by atoms with Crippen molar-refractivity contribution >= 4 is 35.1 Å². The van der Waals surface area contributed by atoms with Gasteiger partial charge in [-0.2, -0.15) is 0 Å². The number of imidazole rings is 1. The average molecular weight is 309 g/mol. The fraction of sp³-hybridized carbons (Fsp3) is 0. The maximum absolute atomic E-state index is 12.0. The van der Waals surface area contributed by atoms with Gasteiger partial charge in [-0.3, -0.25) is 9.59 Å². The molecule has 0 saturated carbocycles. The number of rotatable bonds is 4. The highest BCUT2D eigenvalue weighted by molar-refractivity contribution is 6.34. The third kappa shape index (κ3) is 3.00. The zero-order valence-corrected chi connectivity index (χ0v) is 11.1. The van der Waals surface area contributed by atoms with Crippen molar-refractivity contribution in [3.8, 4) is 0 Å². The van der Waals surface area contributed by atoms with E-state index >= 15 is 0 Å². The van der Waals surface area contributed by atoms with Crippen LogP contribution in [0, 0.1) is 0 Å². The Kier molecular flexibility index (Phi) is 3.90. The number of hydrogen-bond acceptors (Lipinski definition) is 4. The quantitative estimate of drug-likeness (QED) is 0.670. The number of nitrogens with zero attached hydrogens (tertiary/aromatic N) is 1. The maximum atomic E-state index is 12.0. The summed E-state index contributed by atoms with van der Waals surface area (Å²) in [7, 11) is 0. The smallest absolute Gasteiger partial charge is 0.354 e. The molecule has 2 rings (SSSR count). The number of halogens is 1. The second kappa shape index (κ2) is 5.63. The number of aromatic amines is 1.